The normalized spacial score (nSPS) is 11.4. The van der Waals surface area contributed by atoms with E-state index in [1.807, 2.05) is 0 Å². The minimum Gasteiger partial charge on any atom is -0.356 e. The van der Waals surface area contributed by atoms with Gasteiger partial charge in [-0.1, -0.05) is 194 Å². The summed E-state index contributed by atoms with van der Waals surface area (Å²) in [5.74, 6) is 0.445. The Bertz CT molecular complexity index is 671. The quantitative estimate of drug-likeness (QED) is 0.0627. The van der Waals surface area contributed by atoms with Crippen LogP contribution in [0.2, 0.25) is 0 Å². The first-order valence-corrected chi connectivity index (χ1v) is 22.3. The van der Waals surface area contributed by atoms with Crippen molar-refractivity contribution in [2.75, 3.05) is 33.2 Å². The first kappa shape index (κ1) is 47.9. The third-order valence-corrected chi connectivity index (χ3v) is 10.3. The summed E-state index contributed by atoms with van der Waals surface area (Å²) in [6.45, 7) is 8.19. The summed E-state index contributed by atoms with van der Waals surface area (Å²) in [6.07, 6.45) is 45.2. The van der Waals surface area contributed by atoms with Crippen molar-refractivity contribution >= 4 is 11.8 Å². The summed E-state index contributed by atoms with van der Waals surface area (Å²) < 4.78 is 0. The average molecular weight is 692 g/mol. The van der Waals surface area contributed by atoms with E-state index >= 15 is 0 Å². The van der Waals surface area contributed by atoms with Gasteiger partial charge in [0.15, 0.2) is 0 Å². The molecule has 0 unspecified atom stereocenters. The van der Waals surface area contributed by atoms with Crippen LogP contribution in [0.5, 0.6) is 0 Å². The third-order valence-electron chi connectivity index (χ3n) is 10.3. The van der Waals surface area contributed by atoms with Crippen LogP contribution in [0.3, 0.4) is 0 Å². The number of carbonyl (C=O) groups is 2. The Balaban J connectivity index is 3.33. The van der Waals surface area contributed by atoms with E-state index in [1.165, 1.54) is 180 Å². The van der Waals surface area contributed by atoms with Gasteiger partial charge in [0, 0.05) is 25.9 Å². The monoisotopic (exact) mass is 692 g/mol. The summed E-state index contributed by atoms with van der Waals surface area (Å²) in [4.78, 5) is 26.7. The molecule has 0 radical (unpaired) electrons. The van der Waals surface area contributed by atoms with Crippen molar-refractivity contribution in [1.29, 1.82) is 0 Å². The Hall–Kier alpha value is -1.10. The second kappa shape index (κ2) is 41.3. The summed E-state index contributed by atoms with van der Waals surface area (Å²) in [5.41, 5.74) is 0. The van der Waals surface area contributed by atoms with E-state index in [-0.39, 0.29) is 11.8 Å². The van der Waals surface area contributed by atoms with Crippen molar-refractivity contribution in [1.82, 2.24) is 15.5 Å². The maximum absolute atomic E-state index is 12.2. The molecule has 2 N–H and O–H groups in total. The van der Waals surface area contributed by atoms with Gasteiger partial charge < -0.3 is 15.5 Å². The molecular formula is C44H89N3O2. The molecule has 49 heavy (non-hydrogen) atoms. The molecule has 0 rings (SSSR count). The number of unbranched alkanes of at least 4 members (excludes halogenated alkanes) is 29. The number of nitrogens with zero attached hydrogens (tertiary/aromatic N) is 1. The van der Waals surface area contributed by atoms with Crippen LogP contribution >= 0.6 is 0 Å². The Morgan fingerprint density at radius 2 is 0.612 bits per heavy atom. The molecule has 0 fully saturated rings. The zero-order valence-corrected chi connectivity index (χ0v) is 33.8. The second-order valence-corrected chi connectivity index (χ2v) is 15.5. The third kappa shape index (κ3) is 41.2. The summed E-state index contributed by atoms with van der Waals surface area (Å²) >= 11 is 0. The number of hydrogen-bond acceptors (Lipinski definition) is 3. The van der Waals surface area contributed by atoms with E-state index in [4.69, 9.17) is 0 Å². The van der Waals surface area contributed by atoms with E-state index in [2.05, 4.69) is 36.4 Å². The van der Waals surface area contributed by atoms with Crippen molar-refractivity contribution in [2.45, 2.75) is 239 Å². The molecule has 0 aliphatic heterocycles. The Morgan fingerprint density at radius 3 is 0.939 bits per heavy atom. The van der Waals surface area contributed by atoms with Crippen molar-refractivity contribution in [2.24, 2.45) is 0 Å². The highest BCUT2D eigenvalue weighted by Gasteiger charge is 2.04. The molecule has 5 nitrogen and oxygen atoms in total. The van der Waals surface area contributed by atoms with Gasteiger partial charge in [-0.3, -0.25) is 9.59 Å². The van der Waals surface area contributed by atoms with Crippen molar-refractivity contribution < 1.29 is 9.59 Å². The number of rotatable bonds is 41. The Kier molecular flexibility index (Phi) is 40.4. The molecule has 0 saturated carbocycles. The number of hydrogen-bond donors (Lipinski definition) is 2. The smallest absolute Gasteiger partial charge is 0.219 e. The molecule has 0 atom stereocenters. The van der Waals surface area contributed by atoms with E-state index < -0.39 is 0 Å². The van der Waals surface area contributed by atoms with Gasteiger partial charge in [-0.15, -0.1) is 0 Å². The highest BCUT2D eigenvalue weighted by atomic mass is 16.2. The summed E-state index contributed by atoms with van der Waals surface area (Å²) in [6, 6.07) is 0. The topological polar surface area (TPSA) is 61.4 Å². The summed E-state index contributed by atoms with van der Waals surface area (Å²) in [7, 11) is 2.16. The first-order valence-electron chi connectivity index (χ1n) is 22.3. The minimum absolute atomic E-state index is 0.220. The number of nitrogens with one attached hydrogen (secondary N) is 2. The minimum atomic E-state index is 0.220. The SMILES string of the molecule is CCCCCCCCCCCCCCCCCC(=O)NCCCCN(C)CCCNC(=O)CCCCCCCCCCCCCCCCC. The molecule has 0 spiro atoms. The average Bonchev–Trinajstić information content (AvgIpc) is 3.10. The van der Waals surface area contributed by atoms with Crippen LogP contribution in [-0.2, 0) is 9.59 Å². The van der Waals surface area contributed by atoms with E-state index in [9.17, 15) is 9.59 Å². The summed E-state index contributed by atoms with van der Waals surface area (Å²) in [5, 5.41) is 6.22. The maximum Gasteiger partial charge on any atom is 0.219 e. The molecule has 0 aromatic rings. The maximum atomic E-state index is 12.2. The van der Waals surface area contributed by atoms with Crippen LogP contribution in [0.25, 0.3) is 0 Å². The van der Waals surface area contributed by atoms with Crippen LogP contribution in [0, 0.1) is 0 Å². The lowest BCUT2D eigenvalue weighted by Crippen LogP contribution is -2.29. The van der Waals surface area contributed by atoms with Gasteiger partial charge in [-0.05, 0) is 52.2 Å². The van der Waals surface area contributed by atoms with Crippen molar-refractivity contribution in [3.05, 3.63) is 0 Å². The molecule has 0 heterocycles. The molecule has 5 heteroatoms. The molecular weight excluding hydrogens is 603 g/mol. The lowest BCUT2D eigenvalue weighted by atomic mass is 10.0. The standard InChI is InChI=1S/C44H89N3O2/c1-4-6-8-10-12-14-16-18-20-22-24-26-28-30-32-37-43(48)45-39-34-35-41-47(3)42-36-40-46-44(49)38-33-31-29-27-25-23-21-19-17-15-13-11-9-7-5-2/h4-42H2,1-3H3,(H,45,48)(H,46,49). The molecule has 0 aliphatic rings. The molecule has 0 aromatic carbocycles. The highest BCUT2D eigenvalue weighted by Crippen LogP contribution is 2.15. The second-order valence-electron chi connectivity index (χ2n) is 15.5. The van der Waals surface area contributed by atoms with E-state index in [0.717, 1.165) is 58.3 Å². The van der Waals surface area contributed by atoms with Gasteiger partial charge in [0.05, 0.1) is 0 Å². The molecule has 0 bridgehead atoms. The zero-order chi connectivity index (χ0) is 35.7. The van der Waals surface area contributed by atoms with Gasteiger partial charge in [-0.25, -0.2) is 0 Å². The largest absolute Gasteiger partial charge is 0.356 e. The van der Waals surface area contributed by atoms with Gasteiger partial charge in [0.25, 0.3) is 0 Å². The highest BCUT2D eigenvalue weighted by molar-refractivity contribution is 5.76. The first-order chi connectivity index (χ1) is 24.1. The Labute approximate surface area is 308 Å². The number of carbonyl (C=O) groups excluding carboxylic acids is 2. The van der Waals surface area contributed by atoms with Crippen molar-refractivity contribution in [3.8, 4) is 0 Å². The zero-order valence-electron chi connectivity index (χ0n) is 33.8. The predicted molar refractivity (Wildman–Crippen MR) is 216 cm³/mol. The van der Waals surface area contributed by atoms with Gasteiger partial charge in [0.1, 0.15) is 0 Å². The van der Waals surface area contributed by atoms with Crippen molar-refractivity contribution in [3.63, 3.8) is 0 Å². The fourth-order valence-electron chi connectivity index (χ4n) is 6.91. The fourth-order valence-corrected chi connectivity index (χ4v) is 6.91. The molecule has 0 aliphatic carbocycles. The molecule has 292 valence electrons. The fraction of sp³-hybridized carbons (Fsp3) is 0.955. The van der Waals surface area contributed by atoms with Gasteiger partial charge >= 0.3 is 0 Å². The van der Waals surface area contributed by atoms with E-state index in [0.29, 0.717) is 12.8 Å². The molecule has 0 saturated heterocycles. The number of amides is 2. The van der Waals surface area contributed by atoms with Crippen LogP contribution in [0.15, 0.2) is 0 Å². The van der Waals surface area contributed by atoms with Gasteiger partial charge in [-0.2, -0.15) is 0 Å². The van der Waals surface area contributed by atoms with Gasteiger partial charge in [0.2, 0.25) is 11.8 Å². The van der Waals surface area contributed by atoms with Crippen LogP contribution in [-0.4, -0.2) is 49.9 Å². The van der Waals surface area contributed by atoms with Crippen LogP contribution in [0.1, 0.15) is 239 Å². The lowest BCUT2D eigenvalue weighted by Gasteiger charge is -2.16. The van der Waals surface area contributed by atoms with Crippen LogP contribution < -0.4 is 10.6 Å². The van der Waals surface area contributed by atoms with E-state index in [1.54, 1.807) is 0 Å². The molecule has 2 amide bonds. The van der Waals surface area contributed by atoms with Crippen LogP contribution in [0.4, 0.5) is 0 Å². The lowest BCUT2D eigenvalue weighted by molar-refractivity contribution is -0.122. The predicted octanol–water partition coefficient (Wildman–Crippen LogP) is 12.8. The molecule has 0 aromatic heterocycles. The Morgan fingerprint density at radius 1 is 0.347 bits per heavy atom.